The molecule has 2 unspecified atom stereocenters. The van der Waals surface area contributed by atoms with Gasteiger partial charge in [0.25, 0.3) is 11.8 Å². The molecular weight excluding hydrogens is 624 g/mol. The molecule has 10 nitrogen and oxygen atoms in total. The van der Waals surface area contributed by atoms with Crippen LogP contribution < -0.4 is 5.32 Å². The van der Waals surface area contributed by atoms with Crippen molar-refractivity contribution in [1.29, 1.82) is 0 Å². The Balaban J connectivity index is 1.26. The molecule has 252 valence electrons. The van der Waals surface area contributed by atoms with Crippen LogP contribution >= 0.6 is 11.6 Å². The number of nitrogens with zero attached hydrogens (tertiary/aromatic N) is 7. The maximum absolute atomic E-state index is 14.4. The average Bonchev–Trinajstić information content (AvgIpc) is 3.63. The third kappa shape index (κ3) is 7.02. The van der Waals surface area contributed by atoms with Gasteiger partial charge in [0, 0.05) is 60.6 Å². The number of benzene rings is 3. The lowest BCUT2D eigenvalue weighted by molar-refractivity contribution is -0.121. The first-order valence-corrected chi connectivity index (χ1v) is 17.3. The second-order valence-corrected chi connectivity index (χ2v) is 13.8. The zero-order valence-corrected chi connectivity index (χ0v) is 29.2. The highest BCUT2D eigenvalue weighted by Gasteiger charge is 2.45. The van der Waals surface area contributed by atoms with E-state index < -0.39 is 6.04 Å². The summed E-state index contributed by atoms with van der Waals surface area (Å²) in [5.41, 5.74) is 6.20. The first kappa shape index (κ1) is 33.8. The summed E-state index contributed by atoms with van der Waals surface area (Å²) in [4.78, 5) is 34.8. The zero-order chi connectivity index (χ0) is 33.9. The van der Waals surface area contributed by atoms with Crippen LogP contribution in [0, 0.1) is 6.92 Å². The number of rotatable bonds is 11. The van der Waals surface area contributed by atoms with Crippen LogP contribution in [0.4, 0.5) is 5.69 Å². The molecule has 0 bridgehead atoms. The van der Waals surface area contributed by atoms with E-state index in [2.05, 4.69) is 75.9 Å². The molecule has 1 saturated heterocycles. The molecule has 1 aromatic heterocycles. The van der Waals surface area contributed by atoms with Crippen LogP contribution in [-0.2, 0) is 18.4 Å². The lowest BCUT2D eigenvalue weighted by Crippen LogP contribution is -2.48. The number of anilines is 1. The number of halogens is 1. The third-order valence-corrected chi connectivity index (χ3v) is 10.2. The highest BCUT2D eigenvalue weighted by atomic mass is 35.5. The van der Waals surface area contributed by atoms with Crippen molar-refractivity contribution < 1.29 is 9.59 Å². The minimum atomic E-state index is -0.725. The molecule has 2 aliphatic rings. The molecule has 1 N–H and O–H groups in total. The molecule has 2 atom stereocenters. The molecule has 2 aliphatic heterocycles. The van der Waals surface area contributed by atoms with E-state index in [4.69, 9.17) is 11.6 Å². The van der Waals surface area contributed by atoms with Crippen molar-refractivity contribution in [2.45, 2.75) is 70.6 Å². The average molecular weight is 669 g/mol. The van der Waals surface area contributed by atoms with Crippen LogP contribution in [0.25, 0.3) is 11.4 Å². The molecule has 11 heteroatoms. The second kappa shape index (κ2) is 14.6. The summed E-state index contributed by atoms with van der Waals surface area (Å²) in [5.74, 6) is 0.315. The molecule has 3 heterocycles. The van der Waals surface area contributed by atoms with Gasteiger partial charge in [0.15, 0.2) is 5.82 Å². The maximum atomic E-state index is 14.4. The Morgan fingerprint density at radius 1 is 1.08 bits per heavy atom. The largest absolute Gasteiger partial charge is 0.324 e. The van der Waals surface area contributed by atoms with Crippen LogP contribution in [0.1, 0.15) is 83.7 Å². The summed E-state index contributed by atoms with van der Waals surface area (Å²) >= 11 is 6.25. The van der Waals surface area contributed by atoms with Gasteiger partial charge in [-0.25, -0.2) is 4.68 Å². The van der Waals surface area contributed by atoms with Crippen molar-refractivity contribution in [3.8, 4) is 11.4 Å². The number of carbonyl (C=O) groups excluding carboxylic acids is 2. The van der Waals surface area contributed by atoms with Crippen LogP contribution in [0.2, 0.25) is 5.02 Å². The molecule has 0 saturated carbocycles. The third-order valence-electron chi connectivity index (χ3n) is 9.77. The van der Waals surface area contributed by atoms with Gasteiger partial charge in [0.2, 0.25) is 0 Å². The monoisotopic (exact) mass is 668 g/mol. The fraction of sp³-hybridized carbons (Fsp3) is 0.432. The molecule has 0 radical (unpaired) electrons. The SMILES string of the molecule is CCCCC(c1cc(NC(=O)C2c3ccccc3C(=O)N2C2CCN(Cc3ccc(Cl)c(C)c3)CC2)cc(-c2nnnn2C)c1)N(C)C. The summed E-state index contributed by atoms with van der Waals surface area (Å²) in [6, 6.07) is 19.2. The number of aryl methyl sites for hydroxylation is 2. The second-order valence-electron chi connectivity index (χ2n) is 13.4. The number of hydrogen-bond acceptors (Lipinski definition) is 7. The van der Waals surface area contributed by atoms with E-state index in [1.165, 1.54) is 5.56 Å². The lowest BCUT2D eigenvalue weighted by Gasteiger charge is -2.39. The molecule has 48 heavy (non-hydrogen) atoms. The number of nitrogens with one attached hydrogen (secondary N) is 1. The van der Waals surface area contributed by atoms with Gasteiger partial charge in [-0.2, -0.15) is 0 Å². The van der Waals surface area contributed by atoms with E-state index in [9.17, 15) is 9.59 Å². The molecule has 6 rings (SSSR count). The van der Waals surface area contributed by atoms with E-state index in [1.807, 2.05) is 55.3 Å². The molecule has 2 amide bonds. The molecule has 0 spiro atoms. The van der Waals surface area contributed by atoms with Crippen molar-refractivity contribution >= 4 is 29.1 Å². The van der Waals surface area contributed by atoms with Gasteiger partial charge < -0.3 is 15.1 Å². The summed E-state index contributed by atoms with van der Waals surface area (Å²) in [7, 11) is 5.97. The summed E-state index contributed by atoms with van der Waals surface area (Å²) in [5, 5.41) is 16.2. The van der Waals surface area contributed by atoms with E-state index >= 15 is 0 Å². The molecule has 0 aliphatic carbocycles. The quantitative estimate of drug-likeness (QED) is 0.197. The summed E-state index contributed by atoms with van der Waals surface area (Å²) < 4.78 is 1.63. The molecular formula is C37H45ClN8O2. The number of unbranched alkanes of at least 4 members (excludes halogenated alkanes) is 1. The van der Waals surface area contributed by atoms with Crippen molar-refractivity contribution in [3.63, 3.8) is 0 Å². The maximum Gasteiger partial charge on any atom is 0.255 e. The van der Waals surface area contributed by atoms with Crippen LogP contribution in [0.15, 0.2) is 60.7 Å². The zero-order valence-electron chi connectivity index (χ0n) is 28.5. The van der Waals surface area contributed by atoms with Gasteiger partial charge in [0.1, 0.15) is 6.04 Å². The van der Waals surface area contributed by atoms with E-state index in [0.29, 0.717) is 17.1 Å². The lowest BCUT2D eigenvalue weighted by atomic mass is 9.96. The van der Waals surface area contributed by atoms with Crippen LogP contribution in [-0.4, -0.2) is 79.9 Å². The highest BCUT2D eigenvalue weighted by molar-refractivity contribution is 6.31. The Hall–Kier alpha value is -4.12. The van der Waals surface area contributed by atoms with Gasteiger partial charge in [-0.15, -0.1) is 5.10 Å². The number of aromatic nitrogens is 4. The topological polar surface area (TPSA) is 99.5 Å². The summed E-state index contributed by atoms with van der Waals surface area (Å²) in [6.45, 7) is 6.71. The van der Waals surface area contributed by atoms with E-state index in [1.54, 1.807) is 4.68 Å². The molecule has 4 aromatic rings. The molecule has 3 aromatic carbocycles. The summed E-state index contributed by atoms with van der Waals surface area (Å²) in [6.07, 6.45) is 4.72. The predicted octanol–water partition coefficient (Wildman–Crippen LogP) is 6.43. The Labute approximate surface area is 288 Å². The molecule has 1 fully saturated rings. The smallest absolute Gasteiger partial charge is 0.255 e. The van der Waals surface area contributed by atoms with Gasteiger partial charge in [-0.3, -0.25) is 14.5 Å². The van der Waals surface area contributed by atoms with Gasteiger partial charge >= 0.3 is 0 Å². The van der Waals surface area contributed by atoms with E-state index in [0.717, 1.165) is 79.0 Å². The highest BCUT2D eigenvalue weighted by Crippen LogP contribution is 2.39. The number of likely N-dealkylation sites (tertiary alicyclic amines) is 1. The van der Waals surface area contributed by atoms with Gasteiger partial charge in [-0.1, -0.05) is 61.7 Å². The van der Waals surface area contributed by atoms with E-state index in [-0.39, 0.29) is 23.9 Å². The Morgan fingerprint density at radius 2 is 1.85 bits per heavy atom. The number of amides is 2. The number of carbonyl (C=O) groups is 2. The Kier molecular flexibility index (Phi) is 10.2. The fourth-order valence-corrected chi connectivity index (χ4v) is 7.37. The van der Waals surface area contributed by atoms with Crippen LogP contribution in [0.3, 0.4) is 0 Å². The minimum absolute atomic E-state index is 0.0531. The van der Waals surface area contributed by atoms with Crippen LogP contribution in [0.5, 0.6) is 0 Å². The van der Waals surface area contributed by atoms with Gasteiger partial charge in [0.05, 0.1) is 0 Å². The normalized spacial score (nSPS) is 17.6. The standard InChI is InChI=1S/C37H45ClN8O2/c1-6-7-12-33(43(3)4)26-20-27(35-40-41-42-44(35)5)22-28(21-26)39-36(47)34-30-10-8-9-11-31(30)37(48)46(34)29-15-17-45(18-16-29)23-25-13-14-32(38)24(2)19-25/h8-11,13-14,19-22,29,33-34H,6-7,12,15-18,23H2,1-5H3,(H,39,47). The Morgan fingerprint density at radius 3 is 2.54 bits per heavy atom. The fourth-order valence-electron chi connectivity index (χ4n) is 7.25. The Bertz CT molecular complexity index is 1780. The number of fused-ring (bicyclic) bond motifs is 1. The number of piperidine rings is 1. The predicted molar refractivity (Wildman–Crippen MR) is 189 cm³/mol. The van der Waals surface area contributed by atoms with Crippen molar-refractivity contribution in [2.75, 3.05) is 32.5 Å². The number of hydrogen-bond donors (Lipinski definition) is 1. The number of tetrazole rings is 1. The van der Waals surface area contributed by atoms with Crippen molar-refractivity contribution in [2.24, 2.45) is 7.05 Å². The first-order chi connectivity index (χ1) is 23.1. The van der Waals surface area contributed by atoms with Crippen molar-refractivity contribution in [1.82, 2.24) is 34.9 Å². The first-order valence-electron chi connectivity index (χ1n) is 16.9. The van der Waals surface area contributed by atoms with Gasteiger partial charge in [-0.05, 0) is 103 Å². The minimum Gasteiger partial charge on any atom is -0.324 e. The van der Waals surface area contributed by atoms with Crippen molar-refractivity contribution in [3.05, 3.63) is 93.5 Å².